The fourth-order valence-electron chi connectivity index (χ4n) is 0. The molecule has 0 heterocycles. The van der Waals surface area contributed by atoms with Crippen molar-refractivity contribution < 1.29 is 67.2 Å². The molecule has 0 atom stereocenters. The molecule has 9 heteroatoms. The standard InChI is InChI=1S/AsH3O4.Li.2O.U/c2-1(3,4)5;;;;/h(H3,2,3,4,5);;;;/q;+1;;;+2/p-3. The van der Waals surface area contributed by atoms with Crippen molar-refractivity contribution in [1.29, 1.82) is 0 Å². The molecule has 0 saturated carbocycles. The Morgan fingerprint density at radius 3 is 1.11 bits per heavy atom. The van der Waals surface area contributed by atoms with Gasteiger partial charge in [0.15, 0.2) is 0 Å². The normalized spacial score (nSPS) is 7.44. The molecule has 0 rings (SSSR count). The van der Waals surface area contributed by atoms with Gasteiger partial charge in [0.1, 0.15) is 0 Å². The average molecular weight is 416 g/mol. The van der Waals surface area contributed by atoms with Crippen molar-refractivity contribution in [3.63, 3.8) is 0 Å². The van der Waals surface area contributed by atoms with E-state index in [1.54, 1.807) is 0 Å². The second-order valence-electron chi connectivity index (χ2n) is 0.531. The second-order valence-corrected chi connectivity index (χ2v) is 3.10. The summed E-state index contributed by atoms with van der Waals surface area (Å²) >= 11 is -8.38. The zero-order valence-electron chi connectivity index (χ0n) is 4.40. The first kappa shape index (κ1) is 16.8. The summed E-state index contributed by atoms with van der Waals surface area (Å²) in [4.78, 5) is 0. The first-order valence-corrected chi connectivity index (χ1v) is 7.60. The fraction of sp³-hybridized carbons (Fsp3) is 0. The number of rotatable bonds is 0. The predicted molar refractivity (Wildman–Crippen MR) is 7.81 cm³/mol. The van der Waals surface area contributed by atoms with Gasteiger partial charge in [-0.2, -0.15) is 0 Å². The summed E-state index contributed by atoms with van der Waals surface area (Å²) in [6.07, 6.45) is 0. The zero-order valence-corrected chi connectivity index (χ0v) is 10.4. The molecule has 9 heavy (non-hydrogen) atoms. The molecule has 0 amide bonds. The molecule has 0 radical (unpaired) electrons. The molecule has 46 valence electrons. The van der Waals surface area contributed by atoms with Crippen LogP contribution in [0.15, 0.2) is 0 Å². The fourth-order valence-corrected chi connectivity index (χ4v) is 0. The van der Waals surface area contributed by atoms with Gasteiger partial charge in [0, 0.05) is 0 Å². The molecule has 0 fully saturated rings. The molecule has 0 unspecified atom stereocenters. The third-order valence-corrected chi connectivity index (χ3v) is 0. The van der Waals surface area contributed by atoms with Gasteiger partial charge in [0.25, 0.3) is 0 Å². The third kappa shape index (κ3) is 240. The molecule has 0 saturated heterocycles. The Labute approximate surface area is 80.8 Å². The summed E-state index contributed by atoms with van der Waals surface area (Å²) < 4.78 is 51.6. The van der Waals surface area contributed by atoms with Crippen LogP contribution in [-0.4, -0.2) is 14.5 Å². The maximum atomic E-state index is 8.61. The zero-order chi connectivity index (χ0) is 7.21. The Morgan fingerprint density at radius 2 is 1.11 bits per heavy atom. The Hall–Kier alpha value is 1.49. The van der Waals surface area contributed by atoms with Crippen molar-refractivity contribution in [3.8, 4) is 0 Å². The second kappa shape index (κ2) is 9.49. The van der Waals surface area contributed by atoms with Gasteiger partial charge in [-0.1, -0.05) is 0 Å². The topological polar surface area (TPSA) is 120 Å². The van der Waals surface area contributed by atoms with Crippen LogP contribution >= 0.6 is 0 Å². The van der Waals surface area contributed by atoms with E-state index in [9.17, 15) is 0 Å². The van der Waals surface area contributed by atoms with Crippen LogP contribution < -0.4 is 31.1 Å². The Kier molecular flexibility index (Phi) is 17.8. The molecule has 0 aromatic heterocycles. The molecule has 0 spiro atoms. The van der Waals surface area contributed by atoms with Crippen LogP contribution in [-0.2, 0) is 8.21 Å². The molecule has 0 aliphatic carbocycles. The summed E-state index contributed by atoms with van der Waals surface area (Å²) in [6.45, 7) is 0. The molecular formula is AsLiO6U. The van der Waals surface area contributed by atoms with Gasteiger partial charge in [-0.25, -0.2) is 0 Å². The van der Waals surface area contributed by atoms with Crippen molar-refractivity contribution in [2.24, 2.45) is 0 Å². The predicted octanol–water partition coefficient (Wildman–Crippen LogP) is -7.30. The molecule has 0 aliphatic heterocycles. The third-order valence-electron chi connectivity index (χ3n) is 0. The van der Waals surface area contributed by atoms with E-state index in [0.29, 0.717) is 0 Å². The van der Waals surface area contributed by atoms with Crippen LogP contribution in [0.3, 0.4) is 0 Å². The molecule has 0 aliphatic rings. The van der Waals surface area contributed by atoms with E-state index in [2.05, 4.69) is 0 Å². The minimum absolute atomic E-state index is 0. The van der Waals surface area contributed by atoms with Gasteiger partial charge in [-0.05, 0) is 0 Å². The van der Waals surface area contributed by atoms with Crippen LogP contribution in [0.5, 0.6) is 0 Å². The van der Waals surface area contributed by atoms with Gasteiger partial charge in [0.05, 0.1) is 0 Å². The summed E-state index contributed by atoms with van der Waals surface area (Å²) in [5.74, 6) is 0. The molecule has 0 aromatic rings. The van der Waals surface area contributed by atoms with Crippen LogP contribution in [0.1, 0.15) is 0 Å². The average Bonchev–Trinajstić information content (AvgIpc) is 1.27. The Balaban J connectivity index is -0.0000000800. The van der Waals surface area contributed by atoms with E-state index in [-0.39, 0.29) is 18.9 Å². The van der Waals surface area contributed by atoms with Crippen molar-refractivity contribution in [3.05, 3.63) is 0 Å². The first-order chi connectivity index (χ1) is 3.41. The first-order valence-electron chi connectivity index (χ1n) is 1.14. The van der Waals surface area contributed by atoms with Crippen LogP contribution in [0.4, 0.5) is 0 Å². The molecule has 0 aromatic carbocycles. The summed E-state index contributed by atoms with van der Waals surface area (Å²) in [5, 5.41) is 0. The molecule has 6 nitrogen and oxygen atoms in total. The molecule has 0 bridgehead atoms. The quantitative estimate of drug-likeness (QED) is 0.362. The van der Waals surface area contributed by atoms with Gasteiger partial charge < -0.3 is 0 Å². The van der Waals surface area contributed by atoms with E-state index in [4.69, 9.17) is 20.5 Å². The van der Waals surface area contributed by atoms with E-state index in [1.165, 1.54) is 0 Å². The summed E-state index contributed by atoms with van der Waals surface area (Å²) in [7, 11) is 0. The van der Waals surface area contributed by atoms with Crippen LogP contribution in [0.2, 0.25) is 0 Å². The van der Waals surface area contributed by atoms with Crippen molar-refractivity contribution >= 4 is 14.5 Å². The van der Waals surface area contributed by atoms with Crippen molar-refractivity contribution in [1.82, 2.24) is 0 Å². The van der Waals surface area contributed by atoms with E-state index >= 15 is 0 Å². The molecular weight excluding hydrogens is 416 g/mol. The van der Waals surface area contributed by atoms with Crippen molar-refractivity contribution in [2.45, 2.75) is 0 Å². The minimum atomic E-state index is -5.88. The van der Waals surface area contributed by atoms with Crippen molar-refractivity contribution in [2.75, 3.05) is 0 Å². The van der Waals surface area contributed by atoms with Gasteiger partial charge in [0.2, 0.25) is 0 Å². The number of hydrogen-bond acceptors (Lipinski definition) is 6. The maximum absolute atomic E-state index is 8.61. The van der Waals surface area contributed by atoms with Crippen LogP contribution in [0, 0.1) is 27.8 Å². The van der Waals surface area contributed by atoms with Crippen LogP contribution in [0.25, 0.3) is 0 Å². The van der Waals surface area contributed by atoms with Gasteiger partial charge in [-0.15, -0.1) is 0 Å². The molecule has 0 N–H and O–H groups in total. The summed E-state index contributed by atoms with van der Waals surface area (Å²) in [6, 6.07) is 0. The number of hydrogen-bond donors (Lipinski definition) is 0. The summed E-state index contributed by atoms with van der Waals surface area (Å²) in [5.41, 5.74) is 0. The Morgan fingerprint density at radius 1 is 1.11 bits per heavy atom. The van der Waals surface area contributed by atoms with E-state index < -0.39 is 42.3 Å². The Bertz CT molecular complexity index is 111. The van der Waals surface area contributed by atoms with Gasteiger partial charge >= 0.3 is 81.7 Å². The van der Waals surface area contributed by atoms with Gasteiger partial charge in [-0.3, -0.25) is 0 Å². The SMILES string of the molecule is O=[As]([O-])([O-])[O-].[Li+].[O]=[U+2]=[O]. The van der Waals surface area contributed by atoms with E-state index in [1.807, 2.05) is 0 Å². The monoisotopic (exact) mass is 416 g/mol. The van der Waals surface area contributed by atoms with E-state index in [0.717, 1.165) is 0 Å².